The standard InChI is InChI=1S/C15H17FN2/c1-2-10-18-15(14-9-5-6-11-17-14)12-7-3-4-8-13(12)16/h3-9,11,15,18H,2,10H2,1H3. The third kappa shape index (κ3) is 2.93. The van der Waals surface area contributed by atoms with Gasteiger partial charge in [0.1, 0.15) is 5.82 Å². The Bertz CT molecular complexity index is 485. The topological polar surface area (TPSA) is 24.9 Å². The lowest BCUT2D eigenvalue weighted by Crippen LogP contribution is -2.24. The summed E-state index contributed by atoms with van der Waals surface area (Å²) in [6, 6.07) is 12.4. The highest BCUT2D eigenvalue weighted by Crippen LogP contribution is 2.22. The lowest BCUT2D eigenvalue weighted by atomic mass is 10.0. The van der Waals surface area contributed by atoms with E-state index in [4.69, 9.17) is 0 Å². The van der Waals surface area contributed by atoms with Crippen molar-refractivity contribution in [2.45, 2.75) is 19.4 Å². The van der Waals surface area contributed by atoms with E-state index in [1.165, 1.54) is 6.07 Å². The first-order valence-corrected chi connectivity index (χ1v) is 6.21. The summed E-state index contributed by atoms with van der Waals surface area (Å²) in [5, 5.41) is 3.34. The number of hydrogen-bond donors (Lipinski definition) is 1. The summed E-state index contributed by atoms with van der Waals surface area (Å²) in [6.07, 6.45) is 2.73. The summed E-state index contributed by atoms with van der Waals surface area (Å²) in [5.41, 5.74) is 1.49. The van der Waals surface area contributed by atoms with Crippen LogP contribution in [-0.2, 0) is 0 Å². The van der Waals surface area contributed by atoms with Gasteiger partial charge in [-0.1, -0.05) is 31.2 Å². The summed E-state index contributed by atoms with van der Waals surface area (Å²) in [5.74, 6) is -0.197. The van der Waals surface area contributed by atoms with E-state index in [-0.39, 0.29) is 11.9 Å². The molecule has 0 saturated heterocycles. The molecule has 1 aromatic heterocycles. The summed E-state index contributed by atoms with van der Waals surface area (Å²) < 4.78 is 13.9. The second-order valence-electron chi connectivity index (χ2n) is 4.16. The lowest BCUT2D eigenvalue weighted by molar-refractivity contribution is 0.539. The molecule has 3 heteroatoms. The second-order valence-corrected chi connectivity index (χ2v) is 4.16. The number of halogens is 1. The molecule has 0 saturated carbocycles. The van der Waals surface area contributed by atoms with E-state index in [9.17, 15) is 4.39 Å². The van der Waals surface area contributed by atoms with E-state index >= 15 is 0 Å². The minimum absolute atomic E-state index is 0.188. The van der Waals surface area contributed by atoms with Crippen molar-refractivity contribution in [2.75, 3.05) is 6.54 Å². The molecular formula is C15H17FN2. The molecule has 1 N–H and O–H groups in total. The summed E-state index contributed by atoms with van der Waals surface area (Å²) in [7, 11) is 0. The smallest absolute Gasteiger partial charge is 0.128 e. The van der Waals surface area contributed by atoms with Crippen LogP contribution in [0.25, 0.3) is 0 Å². The number of benzene rings is 1. The maximum Gasteiger partial charge on any atom is 0.128 e. The fraction of sp³-hybridized carbons (Fsp3) is 0.267. The van der Waals surface area contributed by atoms with Gasteiger partial charge in [-0.25, -0.2) is 4.39 Å². The third-order valence-corrected chi connectivity index (χ3v) is 2.80. The molecule has 0 fully saturated rings. The van der Waals surface area contributed by atoms with Crippen molar-refractivity contribution in [3.05, 3.63) is 65.7 Å². The lowest BCUT2D eigenvalue weighted by Gasteiger charge is -2.19. The molecule has 2 nitrogen and oxygen atoms in total. The number of nitrogens with one attached hydrogen (secondary N) is 1. The molecule has 0 spiro atoms. The van der Waals surface area contributed by atoms with Gasteiger partial charge in [0, 0.05) is 11.8 Å². The molecule has 1 aromatic carbocycles. The Labute approximate surface area is 107 Å². The molecular weight excluding hydrogens is 227 g/mol. The zero-order valence-electron chi connectivity index (χ0n) is 10.4. The van der Waals surface area contributed by atoms with Gasteiger partial charge >= 0.3 is 0 Å². The number of rotatable bonds is 5. The van der Waals surface area contributed by atoms with Crippen molar-refractivity contribution in [1.82, 2.24) is 10.3 Å². The van der Waals surface area contributed by atoms with Gasteiger partial charge in [-0.15, -0.1) is 0 Å². The quantitative estimate of drug-likeness (QED) is 0.872. The monoisotopic (exact) mass is 244 g/mol. The summed E-state index contributed by atoms with van der Waals surface area (Å²) in [4.78, 5) is 4.32. The van der Waals surface area contributed by atoms with Crippen molar-refractivity contribution < 1.29 is 4.39 Å². The van der Waals surface area contributed by atoms with E-state index in [0.29, 0.717) is 5.56 Å². The van der Waals surface area contributed by atoms with Gasteiger partial charge in [-0.05, 0) is 31.2 Å². The molecule has 0 aliphatic carbocycles. The van der Waals surface area contributed by atoms with Gasteiger partial charge in [0.2, 0.25) is 0 Å². The Morgan fingerprint density at radius 3 is 2.61 bits per heavy atom. The van der Waals surface area contributed by atoms with E-state index < -0.39 is 0 Å². The van der Waals surface area contributed by atoms with Gasteiger partial charge in [-0.2, -0.15) is 0 Å². The maximum absolute atomic E-state index is 13.9. The van der Waals surface area contributed by atoms with Crippen molar-refractivity contribution in [3.63, 3.8) is 0 Å². The highest BCUT2D eigenvalue weighted by atomic mass is 19.1. The summed E-state index contributed by atoms with van der Waals surface area (Å²) in [6.45, 7) is 2.92. The molecule has 0 amide bonds. The minimum atomic E-state index is -0.197. The predicted molar refractivity (Wildman–Crippen MR) is 70.8 cm³/mol. The SMILES string of the molecule is CCCNC(c1ccccn1)c1ccccc1F. The van der Waals surface area contributed by atoms with Crippen molar-refractivity contribution >= 4 is 0 Å². The Kier molecular flexibility index (Phi) is 4.42. The highest BCUT2D eigenvalue weighted by molar-refractivity contribution is 5.28. The first-order chi connectivity index (χ1) is 8.83. The maximum atomic E-state index is 13.9. The largest absolute Gasteiger partial charge is 0.305 e. The second kappa shape index (κ2) is 6.26. The van der Waals surface area contributed by atoms with Crippen LogP contribution in [0, 0.1) is 5.82 Å². The Hall–Kier alpha value is -1.74. The molecule has 1 heterocycles. The zero-order chi connectivity index (χ0) is 12.8. The fourth-order valence-electron chi connectivity index (χ4n) is 1.92. The number of hydrogen-bond acceptors (Lipinski definition) is 2. The summed E-state index contributed by atoms with van der Waals surface area (Å²) >= 11 is 0. The normalized spacial score (nSPS) is 12.3. The van der Waals surface area contributed by atoms with Crippen LogP contribution in [0.2, 0.25) is 0 Å². The molecule has 1 unspecified atom stereocenters. The predicted octanol–water partition coefficient (Wildman–Crippen LogP) is 3.31. The molecule has 2 aromatic rings. The molecule has 2 rings (SSSR count). The molecule has 18 heavy (non-hydrogen) atoms. The van der Waals surface area contributed by atoms with Crippen LogP contribution >= 0.6 is 0 Å². The average molecular weight is 244 g/mol. The van der Waals surface area contributed by atoms with Crippen LogP contribution in [0.15, 0.2) is 48.7 Å². The van der Waals surface area contributed by atoms with Crippen molar-refractivity contribution in [2.24, 2.45) is 0 Å². The minimum Gasteiger partial charge on any atom is -0.305 e. The molecule has 0 radical (unpaired) electrons. The molecule has 94 valence electrons. The van der Waals surface area contributed by atoms with Crippen LogP contribution in [0.1, 0.15) is 30.6 Å². The Morgan fingerprint density at radius 2 is 1.94 bits per heavy atom. The first-order valence-electron chi connectivity index (χ1n) is 6.21. The number of aromatic nitrogens is 1. The Balaban J connectivity index is 2.34. The molecule has 0 aliphatic rings. The van der Waals surface area contributed by atoms with Crippen molar-refractivity contribution in [1.29, 1.82) is 0 Å². The molecule has 0 aliphatic heterocycles. The van der Waals surface area contributed by atoms with Gasteiger partial charge in [-0.3, -0.25) is 4.98 Å². The number of nitrogens with zero attached hydrogens (tertiary/aromatic N) is 1. The molecule has 0 bridgehead atoms. The average Bonchev–Trinajstić information content (AvgIpc) is 2.42. The van der Waals surface area contributed by atoms with Crippen LogP contribution in [0.3, 0.4) is 0 Å². The third-order valence-electron chi connectivity index (χ3n) is 2.80. The Morgan fingerprint density at radius 1 is 1.17 bits per heavy atom. The number of pyridine rings is 1. The van der Waals surface area contributed by atoms with Gasteiger partial charge in [0.05, 0.1) is 11.7 Å². The van der Waals surface area contributed by atoms with Crippen LogP contribution in [-0.4, -0.2) is 11.5 Å². The van der Waals surface area contributed by atoms with Crippen LogP contribution in [0.4, 0.5) is 4.39 Å². The van der Waals surface area contributed by atoms with Gasteiger partial charge in [0.25, 0.3) is 0 Å². The van der Waals surface area contributed by atoms with Crippen molar-refractivity contribution in [3.8, 4) is 0 Å². The fourth-order valence-corrected chi connectivity index (χ4v) is 1.92. The highest BCUT2D eigenvalue weighted by Gasteiger charge is 2.17. The van der Waals surface area contributed by atoms with Gasteiger partial charge in [0.15, 0.2) is 0 Å². The van der Waals surface area contributed by atoms with E-state index in [1.807, 2.05) is 24.3 Å². The van der Waals surface area contributed by atoms with Crippen LogP contribution < -0.4 is 5.32 Å². The van der Waals surface area contributed by atoms with E-state index in [1.54, 1.807) is 18.3 Å². The van der Waals surface area contributed by atoms with E-state index in [0.717, 1.165) is 18.7 Å². The van der Waals surface area contributed by atoms with Crippen LogP contribution in [0.5, 0.6) is 0 Å². The zero-order valence-corrected chi connectivity index (χ0v) is 10.4. The molecule has 1 atom stereocenters. The van der Waals surface area contributed by atoms with Gasteiger partial charge < -0.3 is 5.32 Å². The first kappa shape index (κ1) is 12.7. The van der Waals surface area contributed by atoms with E-state index in [2.05, 4.69) is 17.2 Å².